The smallest absolute Gasteiger partial charge is 0.409 e. The van der Waals surface area contributed by atoms with Crippen molar-refractivity contribution < 1.29 is 35.9 Å². The molecule has 3 N–H and O–H groups in total. The van der Waals surface area contributed by atoms with Crippen LogP contribution in [0.1, 0.15) is 33.1 Å². The number of nitrogens with one attached hydrogen (secondary N) is 2. The molecule has 0 radical (unpaired) electrons. The Morgan fingerprint density at radius 1 is 1.14 bits per heavy atom. The van der Waals surface area contributed by atoms with Crippen LogP contribution in [0.15, 0.2) is 47.4 Å². The lowest BCUT2D eigenvalue weighted by Gasteiger charge is -2.38. The number of anilines is 2. The lowest BCUT2D eigenvalue weighted by Crippen LogP contribution is -2.51. The fourth-order valence-electron chi connectivity index (χ4n) is 4.04. The van der Waals surface area contributed by atoms with Crippen molar-refractivity contribution in [1.29, 1.82) is 0 Å². The third kappa shape index (κ3) is 5.68. The quantitative estimate of drug-likeness (QED) is 0.479. The second-order valence-electron chi connectivity index (χ2n) is 9.28. The number of amides is 1. The van der Waals surface area contributed by atoms with Crippen LogP contribution in [0.4, 0.5) is 20.6 Å². The lowest BCUT2D eigenvalue weighted by atomic mass is 9.97. The summed E-state index contributed by atoms with van der Waals surface area (Å²) in [6.45, 7) is 3.23. The van der Waals surface area contributed by atoms with E-state index in [1.54, 1.807) is 13.8 Å². The monoisotopic (exact) mass is 527 g/mol. The predicted octanol–water partition coefficient (Wildman–Crippen LogP) is 3.12. The van der Waals surface area contributed by atoms with E-state index in [2.05, 4.69) is 10.0 Å². The first kappa shape index (κ1) is 25.2. The van der Waals surface area contributed by atoms with Gasteiger partial charge in [-0.15, -0.1) is 0 Å². The normalized spacial score (nSPS) is 18.5. The maximum Gasteiger partial charge on any atom is 0.409 e. The van der Waals surface area contributed by atoms with E-state index in [-0.39, 0.29) is 35.0 Å². The summed E-state index contributed by atoms with van der Waals surface area (Å²) in [6.07, 6.45) is -0.683. The average molecular weight is 528 g/mol. The fourth-order valence-corrected chi connectivity index (χ4v) is 7.31. The van der Waals surface area contributed by atoms with Crippen molar-refractivity contribution >= 4 is 37.5 Å². The highest BCUT2D eigenvalue weighted by Gasteiger charge is 2.42. The maximum absolute atomic E-state index is 13.5. The van der Waals surface area contributed by atoms with Crippen LogP contribution in [0.2, 0.25) is 0 Å². The van der Waals surface area contributed by atoms with Gasteiger partial charge in [0.05, 0.1) is 22.4 Å². The molecule has 1 amide bonds. The molecule has 1 saturated carbocycles. The number of carboxylic acid groups (broad SMARTS) is 1. The Labute approximate surface area is 203 Å². The molecule has 2 aromatic rings. The molecule has 1 aliphatic heterocycles. The second kappa shape index (κ2) is 8.95. The zero-order valence-corrected chi connectivity index (χ0v) is 20.7. The summed E-state index contributed by atoms with van der Waals surface area (Å²) >= 11 is 0. The summed E-state index contributed by atoms with van der Waals surface area (Å²) < 4.78 is 75.2. The molecule has 190 valence electrons. The van der Waals surface area contributed by atoms with Gasteiger partial charge in [-0.2, -0.15) is 0 Å². The number of sulfonamides is 2. The standard InChI is InChI=1S/C22H26FN3O7S2/c1-22(2,25-34(29,30)17-8-9-17)12-16-13-26(35(31,32)18-6-3-14(23)4-7-18)19-11-15(24-21(27)28)5-10-20(19)33-16/h3-7,10-11,16-17,24-25H,8-9,12-13H2,1-2H3,(H,27,28). The Kier molecular flexibility index (Phi) is 6.45. The van der Waals surface area contributed by atoms with Gasteiger partial charge in [0.2, 0.25) is 10.0 Å². The molecule has 2 aliphatic rings. The molecule has 0 spiro atoms. The first-order valence-corrected chi connectivity index (χ1v) is 13.9. The zero-order valence-electron chi connectivity index (χ0n) is 19.1. The minimum absolute atomic E-state index is 0.105. The van der Waals surface area contributed by atoms with Gasteiger partial charge in [0.1, 0.15) is 17.7 Å². The molecule has 4 rings (SSSR count). The van der Waals surface area contributed by atoms with Crippen LogP contribution in [0, 0.1) is 5.82 Å². The van der Waals surface area contributed by atoms with Gasteiger partial charge in [0.25, 0.3) is 10.0 Å². The van der Waals surface area contributed by atoms with Crippen molar-refractivity contribution in [2.75, 3.05) is 16.2 Å². The van der Waals surface area contributed by atoms with Crippen LogP contribution in [0.3, 0.4) is 0 Å². The highest BCUT2D eigenvalue weighted by Crippen LogP contribution is 2.40. The van der Waals surface area contributed by atoms with Gasteiger partial charge in [-0.05, 0) is 69.2 Å². The molecule has 1 heterocycles. The van der Waals surface area contributed by atoms with Crippen LogP contribution in [0.25, 0.3) is 0 Å². The van der Waals surface area contributed by atoms with E-state index in [9.17, 15) is 26.0 Å². The van der Waals surface area contributed by atoms with E-state index >= 15 is 0 Å². The molecule has 1 unspecified atom stereocenters. The molecule has 13 heteroatoms. The molecule has 1 aliphatic carbocycles. The molecule has 1 fully saturated rings. The van der Waals surface area contributed by atoms with Gasteiger partial charge in [0, 0.05) is 17.6 Å². The minimum Gasteiger partial charge on any atom is -0.486 e. The molecule has 0 aromatic heterocycles. The number of hydrogen-bond donors (Lipinski definition) is 3. The van der Waals surface area contributed by atoms with E-state index < -0.39 is 48.8 Å². The van der Waals surface area contributed by atoms with Crippen molar-refractivity contribution in [2.45, 2.75) is 54.9 Å². The number of nitrogens with zero attached hydrogens (tertiary/aromatic N) is 1. The Morgan fingerprint density at radius 2 is 1.80 bits per heavy atom. The first-order chi connectivity index (χ1) is 16.3. The molecule has 2 aromatic carbocycles. The lowest BCUT2D eigenvalue weighted by molar-refractivity contribution is 0.159. The third-order valence-corrected chi connectivity index (χ3v) is 9.64. The van der Waals surface area contributed by atoms with E-state index in [0.717, 1.165) is 28.6 Å². The summed E-state index contributed by atoms with van der Waals surface area (Å²) in [5, 5.41) is 10.8. The number of rotatable bonds is 8. The van der Waals surface area contributed by atoms with E-state index in [0.29, 0.717) is 12.8 Å². The molecule has 1 atom stereocenters. The first-order valence-electron chi connectivity index (χ1n) is 10.9. The maximum atomic E-state index is 13.5. The molecular weight excluding hydrogens is 501 g/mol. The van der Waals surface area contributed by atoms with Crippen molar-refractivity contribution in [2.24, 2.45) is 0 Å². The minimum atomic E-state index is -4.19. The highest BCUT2D eigenvalue weighted by molar-refractivity contribution is 7.92. The van der Waals surface area contributed by atoms with E-state index in [1.807, 2.05) is 0 Å². The second-order valence-corrected chi connectivity index (χ2v) is 13.1. The predicted molar refractivity (Wildman–Crippen MR) is 127 cm³/mol. The number of hydrogen-bond acceptors (Lipinski definition) is 6. The van der Waals surface area contributed by atoms with Gasteiger partial charge >= 0.3 is 6.09 Å². The van der Waals surface area contributed by atoms with Gasteiger partial charge in [-0.3, -0.25) is 9.62 Å². The molecule has 0 bridgehead atoms. The van der Waals surface area contributed by atoms with Gasteiger partial charge in [-0.25, -0.2) is 30.7 Å². The van der Waals surface area contributed by atoms with Crippen LogP contribution < -0.4 is 19.1 Å². The van der Waals surface area contributed by atoms with Crippen molar-refractivity contribution in [1.82, 2.24) is 4.72 Å². The van der Waals surface area contributed by atoms with Crippen molar-refractivity contribution in [3.05, 3.63) is 48.3 Å². The van der Waals surface area contributed by atoms with Crippen molar-refractivity contribution in [3.63, 3.8) is 0 Å². The Balaban J connectivity index is 1.68. The molecule has 35 heavy (non-hydrogen) atoms. The topological polar surface area (TPSA) is 142 Å². The Bertz CT molecular complexity index is 1340. The summed E-state index contributed by atoms with van der Waals surface area (Å²) in [5.74, 6) is -0.412. The van der Waals surface area contributed by atoms with Gasteiger partial charge < -0.3 is 9.84 Å². The zero-order chi connectivity index (χ0) is 25.6. The van der Waals surface area contributed by atoms with E-state index in [1.165, 1.54) is 18.2 Å². The fraction of sp³-hybridized carbons (Fsp3) is 0.409. The average Bonchev–Trinajstić information content (AvgIpc) is 3.58. The number of halogens is 1. The third-order valence-electron chi connectivity index (χ3n) is 5.66. The summed E-state index contributed by atoms with van der Waals surface area (Å²) in [6, 6.07) is 8.56. The Hall–Kier alpha value is -2.90. The number of benzene rings is 2. The number of carbonyl (C=O) groups is 1. The van der Waals surface area contributed by atoms with Crippen molar-refractivity contribution in [3.8, 4) is 5.75 Å². The summed E-state index contributed by atoms with van der Waals surface area (Å²) in [4.78, 5) is 10.9. The van der Waals surface area contributed by atoms with Crippen LogP contribution >= 0.6 is 0 Å². The Morgan fingerprint density at radius 3 is 2.40 bits per heavy atom. The summed E-state index contributed by atoms with van der Waals surface area (Å²) in [7, 11) is -7.69. The summed E-state index contributed by atoms with van der Waals surface area (Å²) in [5.41, 5.74) is -0.692. The molecule has 10 nitrogen and oxygen atoms in total. The highest BCUT2D eigenvalue weighted by atomic mass is 32.2. The number of fused-ring (bicyclic) bond motifs is 1. The molecular formula is C22H26FN3O7S2. The van der Waals surface area contributed by atoms with Crippen LogP contribution in [-0.4, -0.2) is 51.5 Å². The number of ether oxygens (including phenoxy) is 1. The van der Waals surface area contributed by atoms with Crippen LogP contribution in [0.5, 0.6) is 5.75 Å². The van der Waals surface area contributed by atoms with Gasteiger partial charge in [0.15, 0.2) is 0 Å². The largest absolute Gasteiger partial charge is 0.486 e. The van der Waals surface area contributed by atoms with E-state index in [4.69, 9.17) is 9.84 Å². The molecule has 0 saturated heterocycles. The van der Waals surface area contributed by atoms with Gasteiger partial charge in [-0.1, -0.05) is 0 Å². The SMILES string of the molecule is CC(C)(CC1CN(S(=O)(=O)c2ccc(F)cc2)c2cc(NC(=O)O)ccc2O1)NS(=O)(=O)C1CC1. The van der Waals surface area contributed by atoms with Crippen LogP contribution in [-0.2, 0) is 20.0 Å².